The second-order valence-electron chi connectivity index (χ2n) is 4.82. The highest BCUT2D eigenvalue weighted by molar-refractivity contribution is 8.00. The molecule has 0 amide bonds. The highest BCUT2D eigenvalue weighted by atomic mass is 32.2. The Morgan fingerprint density at radius 1 is 1.12 bits per heavy atom. The minimum atomic E-state index is -0.0459. The highest BCUT2D eigenvalue weighted by Crippen LogP contribution is 2.35. The summed E-state index contributed by atoms with van der Waals surface area (Å²) in [5.41, 5.74) is 2.71. The molecule has 1 aromatic carbocycles. The van der Waals surface area contributed by atoms with E-state index in [4.69, 9.17) is 0 Å². The van der Waals surface area contributed by atoms with Crippen LogP contribution in [0.2, 0.25) is 0 Å². The Labute approximate surface area is 102 Å². The molecule has 1 N–H and O–H groups in total. The van der Waals surface area contributed by atoms with Crippen LogP contribution in [-0.2, 0) is 0 Å². The van der Waals surface area contributed by atoms with Crippen molar-refractivity contribution in [3.63, 3.8) is 0 Å². The number of aliphatic hydroxyl groups excluding tert-OH is 1. The van der Waals surface area contributed by atoms with E-state index < -0.39 is 0 Å². The van der Waals surface area contributed by atoms with E-state index in [0.29, 0.717) is 5.25 Å². The molecule has 1 aromatic rings. The Hall–Kier alpha value is -0.470. The van der Waals surface area contributed by atoms with Crippen LogP contribution in [0.3, 0.4) is 0 Å². The van der Waals surface area contributed by atoms with Crippen LogP contribution < -0.4 is 0 Å². The molecule has 0 heterocycles. The molecule has 1 fully saturated rings. The molecule has 0 saturated heterocycles. The average Bonchev–Trinajstić information content (AvgIpc) is 2.27. The van der Waals surface area contributed by atoms with E-state index >= 15 is 0 Å². The van der Waals surface area contributed by atoms with Crippen molar-refractivity contribution in [3.8, 4) is 0 Å². The first-order valence-corrected chi connectivity index (χ1v) is 6.95. The van der Waals surface area contributed by atoms with Gasteiger partial charge in [0.05, 0.1) is 6.10 Å². The maximum absolute atomic E-state index is 9.48. The van der Waals surface area contributed by atoms with E-state index in [1.54, 1.807) is 0 Å². The summed E-state index contributed by atoms with van der Waals surface area (Å²) in [5.74, 6) is 0. The largest absolute Gasteiger partial charge is 0.393 e. The molecule has 0 atom stereocenters. The van der Waals surface area contributed by atoms with Gasteiger partial charge in [0.2, 0.25) is 0 Å². The molecule has 16 heavy (non-hydrogen) atoms. The van der Waals surface area contributed by atoms with Gasteiger partial charge in [0, 0.05) is 10.1 Å². The molecule has 0 radical (unpaired) electrons. The molecule has 1 nitrogen and oxygen atoms in total. The van der Waals surface area contributed by atoms with E-state index in [0.717, 1.165) is 25.7 Å². The topological polar surface area (TPSA) is 20.2 Å². The SMILES string of the molecule is Cc1ccc(C)c(SC2CCC(O)CC2)c1. The maximum Gasteiger partial charge on any atom is 0.0541 e. The lowest BCUT2D eigenvalue weighted by Crippen LogP contribution is -2.19. The van der Waals surface area contributed by atoms with E-state index in [9.17, 15) is 5.11 Å². The van der Waals surface area contributed by atoms with Gasteiger partial charge in [-0.3, -0.25) is 0 Å². The van der Waals surface area contributed by atoms with Crippen molar-refractivity contribution in [1.29, 1.82) is 0 Å². The van der Waals surface area contributed by atoms with Crippen LogP contribution >= 0.6 is 11.8 Å². The van der Waals surface area contributed by atoms with Crippen LogP contribution in [0.5, 0.6) is 0 Å². The summed E-state index contributed by atoms with van der Waals surface area (Å²) in [6.45, 7) is 4.33. The smallest absolute Gasteiger partial charge is 0.0541 e. The minimum Gasteiger partial charge on any atom is -0.393 e. The Morgan fingerprint density at radius 2 is 1.81 bits per heavy atom. The first-order valence-electron chi connectivity index (χ1n) is 6.07. The van der Waals surface area contributed by atoms with Crippen LogP contribution in [0, 0.1) is 13.8 Å². The van der Waals surface area contributed by atoms with E-state index in [2.05, 4.69) is 32.0 Å². The lowest BCUT2D eigenvalue weighted by molar-refractivity contribution is 0.132. The summed E-state index contributed by atoms with van der Waals surface area (Å²) in [4.78, 5) is 1.42. The third-order valence-corrected chi connectivity index (χ3v) is 4.78. The molecule has 0 spiro atoms. The van der Waals surface area contributed by atoms with E-state index in [-0.39, 0.29) is 6.10 Å². The summed E-state index contributed by atoms with van der Waals surface area (Å²) >= 11 is 2.00. The van der Waals surface area contributed by atoms with Gasteiger partial charge in [-0.25, -0.2) is 0 Å². The molecule has 0 bridgehead atoms. The summed E-state index contributed by atoms with van der Waals surface area (Å²) < 4.78 is 0. The monoisotopic (exact) mass is 236 g/mol. The lowest BCUT2D eigenvalue weighted by Gasteiger charge is -2.25. The van der Waals surface area contributed by atoms with Crippen molar-refractivity contribution in [2.45, 2.75) is 55.8 Å². The third-order valence-electron chi connectivity index (χ3n) is 3.28. The first kappa shape index (κ1) is 12.0. The predicted molar refractivity (Wildman–Crippen MR) is 70.0 cm³/mol. The predicted octanol–water partition coefficient (Wildman–Crippen LogP) is 3.70. The zero-order valence-electron chi connectivity index (χ0n) is 10.1. The summed E-state index contributed by atoms with van der Waals surface area (Å²) in [6, 6.07) is 6.66. The molecular weight excluding hydrogens is 216 g/mol. The van der Waals surface area contributed by atoms with Crippen molar-refractivity contribution >= 4 is 11.8 Å². The number of aryl methyl sites for hydroxylation is 2. The Kier molecular flexibility index (Phi) is 3.93. The fourth-order valence-corrected chi connectivity index (χ4v) is 3.55. The summed E-state index contributed by atoms with van der Waals surface area (Å²) in [6.07, 6.45) is 4.21. The van der Waals surface area contributed by atoms with Crippen LogP contribution in [0.25, 0.3) is 0 Å². The van der Waals surface area contributed by atoms with Gasteiger partial charge in [-0.2, -0.15) is 0 Å². The highest BCUT2D eigenvalue weighted by Gasteiger charge is 2.20. The number of benzene rings is 1. The lowest BCUT2D eigenvalue weighted by atomic mass is 9.97. The van der Waals surface area contributed by atoms with Crippen molar-refractivity contribution in [2.75, 3.05) is 0 Å². The molecule has 0 aromatic heterocycles. The number of hydrogen-bond donors (Lipinski definition) is 1. The van der Waals surface area contributed by atoms with E-state index in [1.807, 2.05) is 11.8 Å². The van der Waals surface area contributed by atoms with Crippen LogP contribution in [0.15, 0.2) is 23.1 Å². The fourth-order valence-electron chi connectivity index (χ4n) is 2.18. The quantitative estimate of drug-likeness (QED) is 0.845. The average molecular weight is 236 g/mol. The molecule has 2 rings (SSSR count). The van der Waals surface area contributed by atoms with Gasteiger partial charge in [0.15, 0.2) is 0 Å². The molecule has 2 heteroatoms. The molecule has 88 valence electrons. The van der Waals surface area contributed by atoms with Gasteiger partial charge in [-0.15, -0.1) is 11.8 Å². The molecule has 0 aliphatic heterocycles. The zero-order chi connectivity index (χ0) is 11.5. The molecular formula is C14H20OS. The summed E-state index contributed by atoms with van der Waals surface area (Å²) in [5, 5.41) is 10.2. The zero-order valence-corrected chi connectivity index (χ0v) is 10.9. The molecule has 1 aliphatic rings. The minimum absolute atomic E-state index is 0.0459. The molecule has 1 aliphatic carbocycles. The number of hydrogen-bond acceptors (Lipinski definition) is 2. The van der Waals surface area contributed by atoms with Gasteiger partial charge in [-0.05, 0) is 51.2 Å². The van der Waals surface area contributed by atoms with Gasteiger partial charge in [-0.1, -0.05) is 17.7 Å². The molecule has 1 saturated carbocycles. The van der Waals surface area contributed by atoms with Crippen molar-refractivity contribution in [3.05, 3.63) is 29.3 Å². The second kappa shape index (κ2) is 5.24. The maximum atomic E-state index is 9.48. The van der Waals surface area contributed by atoms with Crippen molar-refractivity contribution in [2.24, 2.45) is 0 Å². The van der Waals surface area contributed by atoms with Crippen LogP contribution in [0.1, 0.15) is 36.8 Å². The normalized spacial score (nSPS) is 25.7. The van der Waals surface area contributed by atoms with Gasteiger partial charge in [0.25, 0.3) is 0 Å². The number of aliphatic hydroxyl groups is 1. The van der Waals surface area contributed by atoms with E-state index in [1.165, 1.54) is 16.0 Å². The van der Waals surface area contributed by atoms with Crippen molar-refractivity contribution in [1.82, 2.24) is 0 Å². The van der Waals surface area contributed by atoms with Gasteiger partial charge in [0.1, 0.15) is 0 Å². The Bertz CT molecular complexity index is 354. The summed E-state index contributed by atoms with van der Waals surface area (Å²) in [7, 11) is 0. The van der Waals surface area contributed by atoms with Gasteiger partial charge >= 0.3 is 0 Å². The standard InChI is InChI=1S/C14H20OS/c1-10-3-4-11(2)14(9-10)16-13-7-5-12(15)6-8-13/h3-4,9,12-13,15H,5-8H2,1-2H3. The van der Waals surface area contributed by atoms with Gasteiger partial charge < -0.3 is 5.11 Å². The Morgan fingerprint density at radius 3 is 2.50 bits per heavy atom. The second-order valence-corrected chi connectivity index (χ2v) is 6.16. The number of thioether (sulfide) groups is 1. The Balaban J connectivity index is 2.00. The fraction of sp³-hybridized carbons (Fsp3) is 0.571. The first-order chi connectivity index (χ1) is 7.65. The third kappa shape index (κ3) is 3.02. The van der Waals surface area contributed by atoms with Crippen molar-refractivity contribution < 1.29 is 5.11 Å². The number of rotatable bonds is 2. The van der Waals surface area contributed by atoms with Crippen LogP contribution in [-0.4, -0.2) is 16.5 Å². The van der Waals surface area contributed by atoms with Crippen LogP contribution in [0.4, 0.5) is 0 Å². The molecule has 0 unspecified atom stereocenters.